The number of nitrogens with two attached hydrogens (primary N) is 2. The SMILES string of the molecule is NCN1CC(CCC(=O)N2CCN(C3CCN(N)CC3)CC2)C1. The quantitative estimate of drug-likeness (QED) is 0.638. The van der Waals surface area contributed by atoms with Crippen LogP contribution in [0.5, 0.6) is 0 Å². The Balaban J connectivity index is 1.33. The molecule has 3 aliphatic heterocycles. The molecule has 0 atom stereocenters. The maximum Gasteiger partial charge on any atom is 0.222 e. The molecule has 4 N–H and O–H groups in total. The Labute approximate surface area is 139 Å². The maximum atomic E-state index is 12.4. The van der Waals surface area contributed by atoms with E-state index in [0.29, 0.717) is 31.0 Å². The first-order chi connectivity index (χ1) is 11.2. The number of hydrazine groups is 1. The Kier molecular flexibility index (Phi) is 5.87. The largest absolute Gasteiger partial charge is 0.340 e. The Morgan fingerprint density at radius 3 is 2.26 bits per heavy atom. The second-order valence-electron chi connectivity index (χ2n) is 7.31. The van der Waals surface area contributed by atoms with E-state index in [-0.39, 0.29) is 0 Å². The third-order valence-electron chi connectivity index (χ3n) is 5.74. The average molecular weight is 324 g/mol. The lowest BCUT2D eigenvalue weighted by Crippen LogP contribution is -2.55. The van der Waals surface area contributed by atoms with E-state index < -0.39 is 0 Å². The molecule has 3 saturated heterocycles. The number of piperidine rings is 1. The van der Waals surface area contributed by atoms with Gasteiger partial charge in [0, 0.05) is 71.5 Å². The molecule has 3 heterocycles. The van der Waals surface area contributed by atoms with E-state index in [1.54, 1.807) is 0 Å². The summed E-state index contributed by atoms with van der Waals surface area (Å²) in [5.41, 5.74) is 5.59. The monoisotopic (exact) mass is 324 g/mol. The molecule has 7 nitrogen and oxygen atoms in total. The summed E-state index contributed by atoms with van der Waals surface area (Å²) in [7, 11) is 0. The Hall–Kier alpha value is -0.730. The number of hydrogen-bond acceptors (Lipinski definition) is 6. The number of hydrogen-bond donors (Lipinski definition) is 2. The van der Waals surface area contributed by atoms with Gasteiger partial charge in [-0.2, -0.15) is 0 Å². The summed E-state index contributed by atoms with van der Waals surface area (Å²) in [5.74, 6) is 6.84. The number of rotatable bonds is 5. The van der Waals surface area contributed by atoms with Crippen LogP contribution in [0.25, 0.3) is 0 Å². The molecule has 0 bridgehead atoms. The molecule has 1 amide bonds. The topological polar surface area (TPSA) is 82.1 Å². The highest BCUT2D eigenvalue weighted by molar-refractivity contribution is 5.76. The molecule has 3 aliphatic rings. The van der Waals surface area contributed by atoms with E-state index in [4.69, 9.17) is 11.6 Å². The highest BCUT2D eigenvalue weighted by Gasteiger charge is 2.29. The predicted octanol–water partition coefficient (Wildman–Crippen LogP) is -0.903. The molecule has 0 spiro atoms. The summed E-state index contributed by atoms with van der Waals surface area (Å²) in [6.45, 7) is 8.58. The maximum absolute atomic E-state index is 12.4. The van der Waals surface area contributed by atoms with Gasteiger partial charge < -0.3 is 10.6 Å². The molecule has 3 rings (SSSR count). The fourth-order valence-electron chi connectivity index (χ4n) is 4.08. The summed E-state index contributed by atoms with van der Waals surface area (Å²) in [4.78, 5) is 19.2. The summed E-state index contributed by atoms with van der Waals surface area (Å²) in [5, 5.41) is 1.92. The van der Waals surface area contributed by atoms with Crippen molar-refractivity contribution in [3.8, 4) is 0 Å². The van der Waals surface area contributed by atoms with E-state index in [9.17, 15) is 4.79 Å². The molecular weight excluding hydrogens is 292 g/mol. The van der Waals surface area contributed by atoms with Gasteiger partial charge in [-0.1, -0.05) is 0 Å². The van der Waals surface area contributed by atoms with Crippen LogP contribution < -0.4 is 11.6 Å². The zero-order valence-corrected chi connectivity index (χ0v) is 14.2. The molecule has 0 aromatic carbocycles. The van der Waals surface area contributed by atoms with Crippen molar-refractivity contribution in [3.63, 3.8) is 0 Å². The number of carbonyl (C=O) groups is 1. The molecule has 0 aromatic rings. The van der Waals surface area contributed by atoms with Crippen LogP contribution >= 0.6 is 0 Å². The van der Waals surface area contributed by atoms with Gasteiger partial charge in [0.2, 0.25) is 5.91 Å². The molecule has 0 unspecified atom stereocenters. The van der Waals surface area contributed by atoms with Crippen LogP contribution in [0.3, 0.4) is 0 Å². The first-order valence-electron chi connectivity index (χ1n) is 9.09. The lowest BCUT2D eigenvalue weighted by atomic mass is 9.95. The fourth-order valence-corrected chi connectivity index (χ4v) is 4.08. The van der Waals surface area contributed by atoms with E-state index >= 15 is 0 Å². The van der Waals surface area contributed by atoms with Crippen LogP contribution in [0.4, 0.5) is 0 Å². The smallest absolute Gasteiger partial charge is 0.222 e. The van der Waals surface area contributed by atoms with Gasteiger partial charge in [0.1, 0.15) is 0 Å². The number of nitrogens with zero attached hydrogens (tertiary/aromatic N) is 4. The highest BCUT2D eigenvalue weighted by Crippen LogP contribution is 2.21. The van der Waals surface area contributed by atoms with Crippen molar-refractivity contribution in [2.24, 2.45) is 17.5 Å². The van der Waals surface area contributed by atoms with Gasteiger partial charge in [0.15, 0.2) is 0 Å². The van der Waals surface area contributed by atoms with Crippen LogP contribution in [-0.2, 0) is 4.79 Å². The molecule has 0 aliphatic carbocycles. The summed E-state index contributed by atoms with van der Waals surface area (Å²) in [6, 6.07) is 0.657. The van der Waals surface area contributed by atoms with Crippen molar-refractivity contribution in [1.82, 2.24) is 19.7 Å². The number of amides is 1. The van der Waals surface area contributed by atoms with Crippen LogP contribution in [-0.4, -0.2) is 90.7 Å². The van der Waals surface area contributed by atoms with Crippen molar-refractivity contribution in [2.45, 2.75) is 31.7 Å². The van der Waals surface area contributed by atoms with E-state index in [1.165, 1.54) is 0 Å². The molecular formula is C16H32N6O. The van der Waals surface area contributed by atoms with Crippen LogP contribution in [0.2, 0.25) is 0 Å². The zero-order chi connectivity index (χ0) is 16.2. The lowest BCUT2D eigenvalue weighted by Gasteiger charge is -2.42. The number of piperazine rings is 1. The van der Waals surface area contributed by atoms with Crippen molar-refractivity contribution in [1.29, 1.82) is 0 Å². The Morgan fingerprint density at radius 1 is 1.00 bits per heavy atom. The van der Waals surface area contributed by atoms with Gasteiger partial charge in [-0.15, -0.1) is 0 Å². The minimum Gasteiger partial charge on any atom is -0.340 e. The normalized spacial score (nSPS) is 26.4. The lowest BCUT2D eigenvalue weighted by molar-refractivity contribution is -0.134. The molecule has 7 heteroatoms. The molecule has 23 heavy (non-hydrogen) atoms. The number of likely N-dealkylation sites (tertiary alicyclic amines) is 1. The standard InChI is InChI=1S/C16H32N6O/c17-13-19-11-14(12-19)1-2-16(23)21-9-7-20(8-10-21)15-3-5-22(18)6-4-15/h14-15H,1-13,17-18H2. The van der Waals surface area contributed by atoms with Gasteiger partial charge in [-0.05, 0) is 25.2 Å². The first kappa shape index (κ1) is 17.1. The second-order valence-corrected chi connectivity index (χ2v) is 7.31. The van der Waals surface area contributed by atoms with Crippen molar-refractivity contribution in [3.05, 3.63) is 0 Å². The molecule has 0 radical (unpaired) electrons. The van der Waals surface area contributed by atoms with Gasteiger partial charge in [0.25, 0.3) is 0 Å². The van der Waals surface area contributed by atoms with Gasteiger partial charge >= 0.3 is 0 Å². The van der Waals surface area contributed by atoms with Crippen LogP contribution in [0.1, 0.15) is 25.7 Å². The van der Waals surface area contributed by atoms with E-state index in [1.807, 2.05) is 5.01 Å². The van der Waals surface area contributed by atoms with Crippen molar-refractivity contribution < 1.29 is 4.79 Å². The number of carbonyl (C=O) groups excluding carboxylic acids is 1. The van der Waals surface area contributed by atoms with Crippen LogP contribution in [0, 0.1) is 5.92 Å². The predicted molar refractivity (Wildman–Crippen MR) is 90.3 cm³/mol. The summed E-state index contributed by atoms with van der Waals surface area (Å²) >= 11 is 0. The van der Waals surface area contributed by atoms with Crippen LogP contribution in [0.15, 0.2) is 0 Å². The minimum atomic E-state index is 0.340. The van der Waals surface area contributed by atoms with E-state index in [0.717, 1.165) is 71.6 Å². The first-order valence-corrected chi connectivity index (χ1v) is 9.09. The second kappa shape index (κ2) is 7.90. The Bertz CT molecular complexity index is 384. The summed E-state index contributed by atoms with van der Waals surface area (Å²) in [6.07, 6.45) is 4.03. The summed E-state index contributed by atoms with van der Waals surface area (Å²) < 4.78 is 0. The fraction of sp³-hybridized carbons (Fsp3) is 0.938. The third-order valence-corrected chi connectivity index (χ3v) is 5.74. The van der Waals surface area contributed by atoms with Gasteiger partial charge in [0.05, 0.1) is 0 Å². The van der Waals surface area contributed by atoms with Gasteiger partial charge in [-0.25, -0.2) is 5.01 Å². The molecule has 132 valence electrons. The molecule has 3 fully saturated rings. The molecule has 0 saturated carbocycles. The average Bonchev–Trinajstić information content (AvgIpc) is 2.54. The third kappa shape index (κ3) is 4.42. The van der Waals surface area contributed by atoms with E-state index in [2.05, 4.69) is 14.7 Å². The Morgan fingerprint density at radius 2 is 1.65 bits per heavy atom. The van der Waals surface area contributed by atoms with Crippen molar-refractivity contribution >= 4 is 5.91 Å². The van der Waals surface area contributed by atoms with Gasteiger partial charge in [-0.3, -0.25) is 20.4 Å². The minimum absolute atomic E-state index is 0.340. The highest BCUT2D eigenvalue weighted by atomic mass is 16.2. The van der Waals surface area contributed by atoms with Crippen molar-refractivity contribution in [2.75, 3.05) is 59.0 Å². The molecule has 0 aromatic heterocycles. The zero-order valence-electron chi connectivity index (χ0n) is 14.2.